The zero-order valence-corrected chi connectivity index (χ0v) is 13.0. The van der Waals surface area contributed by atoms with E-state index in [-0.39, 0.29) is 10.9 Å². The summed E-state index contributed by atoms with van der Waals surface area (Å²) in [5.74, 6) is 1.73. The molecule has 1 unspecified atom stereocenters. The van der Waals surface area contributed by atoms with Crippen molar-refractivity contribution in [1.82, 2.24) is 24.0 Å². The van der Waals surface area contributed by atoms with Crippen molar-refractivity contribution >= 4 is 10.0 Å². The van der Waals surface area contributed by atoms with E-state index in [2.05, 4.69) is 15.1 Å². The number of nitrogens with zero attached hydrogens (tertiary/aromatic N) is 5. The Morgan fingerprint density at radius 3 is 2.77 bits per heavy atom. The summed E-state index contributed by atoms with van der Waals surface area (Å²) in [6.45, 7) is 0.815. The van der Waals surface area contributed by atoms with Gasteiger partial charge in [-0.3, -0.25) is 0 Å². The molecule has 2 aromatic heterocycles. The molecule has 1 saturated heterocycles. The zero-order valence-electron chi connectivity index (χ0n) is 12.2. The molecule has 1 saturated carbocycles. The van der Waals surface area contributed by atoms with Crippen LogP contribution >= 0.6 is 0 Å². The van der Waals surface area contributed by atoms with Crippen LogP contribution in [-0.2, 0) is 17.1 Å². The lowest BCUT2D eigenvalue weighted by Gasteiger charge is -2.13. The van der Waals surface area contributed by atoms with Crippen molar-refractivity contribution in [1.29, 1.82) is 0 Å². The van der Waals surface area contributed by atoms with Gasteiger partial charge in [0, 0.05) is 32.3 Å². The topological polar surface area (TPSA) is 94.1 Å². The molecule has 0 aromatic carbocycles. The summed E-state index contributed by atoms with van der Waals surface area (Å²) in [6, 6.07) is 0. The van der Waals surface area contributed by atoms with Crippen molar-refractivity contribution in [2.45, 2.75) is 36.1 Å². The van der Waals surface area contributed by atoms with Crippen molar-refractivity contribution in [2.24, 2.45) is 7.05 Å². The van der Waals surface area contributed by atoms with Crippen LogP contribution in [-0.4, -0.2) is 45.5 Å². The van der Waals surface area contributed by atoms with Crippen LogP contribution in [0.25, 0.3) is 0 Å². The van der Waals surface area contributed by atoms with Gasteiger partial charge in [0.1, 0.15) is 0 Å². The average Bonchev–Trinajstić information content (AvgIpc) is 2.95. The fourth-order valence-corrected chi connectivity index (χ4v) is 4.19. The van der Waals surface area contributed by atoms with Crippen LogP contribution in [0.3, 0.4) is 0 Å². The lowest BCUT2D eigenvalue weighted by molar-refractivity contribution is 0.350. The maximum atomic E-state index is 12.5. The molecule has 3 heterocycles. The van der Waals surface area contributed by atoms with Crippen molar-refractivity contribution in [3.8, 4) is 0 Å². The van der Waals surface area contributed by atoms with E-state index in [0.717, 1.165) is 18.7 Å². The van der Waals surface area contributed by atoms with Crippen LogP contribution in [0.5, 0.6) is 0 Å². The summed E-state index contributed by atoms with van der Waals surface area (Å²) < 4.78 is 33.5. The zero-order chi connectivity index (χ0) is 15.3. The van der Waals surface area contributed by atoms with E-state index in [1.807, 2.05) is 0 Å². The molecular formula is C13H17N5O3S. The molecule has 0 amide bonds. The Kier molecular flexibility index (Phi) is 3.08. The molecule has 2 fully saturated rings. The molecule has 118 valence electrons. The highest BCUT2D eigenvalue weighted by Crippen LogP contribution is 2.39. The third-order valence-electron chi connectivity index (χ3n) is 4.19. The van der Waals surface area contributed by atoms with Gasteiger partial charge in [0.15, 0.2) is 10.9 Å². The first kappa shape index (κ1) is 13.9. The second-order valence-electron chi connectivity index (χ2n) is 5.99. The Labute approximate surface area is 128 Å². The van der Waals surface area contributed by atoms with Crippen LogP contribution in [0, 0.1) is 0 Å². The molecule has 2 aliphatic rings. The molecule has 22 heavy (non-hydrogen) atoms. The van der Waals surface area contributed by atoms with Crippen molar-refractivity contribution < 1.29 is 12.9 Å². The van der Waals surface area contributed by atoms with Crippen LogP contribution in [0.15, 0.2) is 22.1 Å². The minimum atomic E-state index is -3.54. The van der Waals surface area contributed by atoms with Gasteiger partial charge in [-0.05, 0) is 19.3 Å². The molecule has 0 N–H and O–H groups in total. The van der Waals surface area contributed by atoms with Gasteiger partial charge in [0.05, 0.1) is 12.2 Å². The quantitative estimate of drug-likeness (QED) is 0.828. The standard InChI is InChI=1S/C13H17N5O3S/c1-17-7-11(14-8-17)22(19,20)18-5-4-10(6-18)13-15-12(16-21-13)9-2-3-9/h7-10H,2-6H2,1H3. The van der Waals surface area contributed by atoms with Crippen LogP contribution in [0.1, 0.15) is 42.8 Å². The van der Waals surface area contributed by atoms with Crippen molar-refractivity contribution in [3.05, 3.63) is 24.2 Å². The summed E-state index contributed by atoms with van der Waals surface area (Å²) in [7, 11) is -1.80. The molecule has 4 rings (SSSR count). The fourth-order valence-electron chi connectivity index (χ4n) is 2.72. The van der Waals surface area contributed by atoms with E-state index in [1.54, 1.807) is 11.6 Å². The number of aromatic nitrogens is 4. The summed E-state index contributed by atoms with van der Waals surface area (Å²) in [5, 5.41) is 4.08. The molecule has 1 aliphatic heterocycles. The highest BCUT2D eigenvalue weighted by molar-refractivity contribution is 7.89. The molecule has 0 radical (unpaired) electrons. The largest absolute Gasteiger partial charge is 0.339 e. The number of hydrogen-bond acceptors (Lipinski definition) is 6. The first-order valence-corrected chi connectivity index (χ1v) is 8.79. The van der Waals surface area contributed by atoms with Crippen LogP contribution in [0.4, 0.5) is 0 Å². The SMILES string of the molecule is Cn1cnc(S(=O)(=O)N2CCC(c3nc(C4CC4)no3)C2)c1. The van der Waals surface area contributed by atoms with Gasteiger partial charge in [-0.1, -0.05) is 5.16 Å². The summed E-state index contributed by atoms with van der Waals surface area (Å²) in [4.78, 5) is 8.38. The van der Waals surface area contributed by atoms with E-state index in [1.165, 1.54) is 16.8 Å². The lowest BCUT2D eigenvalue weighted by Crippen LogP contribution is -2.29. The third kappa shape index (κ3) is 2.34. The van der Waals surface area contributed by atoms with Gasteiger partial charge >= 0.3 is 0 Å². The molecule has 2 aromatic rings. The third-order valence-corrected chi connectivity index (χ3v) is 5.94. The van der Waals surface area contributed by atoms with Gasteiger partial charge in [-0.2, -0.15) is 9.29 Å². The lowest BCUT2D eigenvalue weighted by atomic mass is 10.1. The van der Waals surface area contributed by atoms with Crippen molar-refractivity contribution in [3.63, 3.8) is 0 Å². The van der Waals surface area contributed by atoms with Crippen molar-refractivity contribution in [2.75, 3.05) is 13.1 Å². The minimum Gasteiger partial charge on any atom is -0.339 e. The highest BCUT2D eigenvalue weighted by Gasteiger charge is 2.38. The molecular weight excluding hydrogens is 306 g/mol. The van der Waals surface area contributed by atoms with Gasteiger partial charge < -0.3 is 9.09 Å². The monoisotopic (exact) mass is 323 g/mol. The summed E-state index contributed by atoms with van der Waals surface area (Å²) in [5.41, 5.74) is 0. The normalized spacial score (nSPS) is 23.2. The van der Waals surface area contributed by atoms with Gasteiger partial charge in [-0.25, -0.2) is 13.4 Å². The van der Waals surface area contributed by atoms with E-state index in [0.29, 0.717) is 31.3 Å². The van der Waals surface area contributed by atoms with Gasteiger partial charge in [0.2, 0.25) is 5.89 Å². The predicted molar refractivity (Wildman–Crippen MR) is 75.6 cm³/mol. The maximum absolute atomic E-state index is 12.5. The van der Waals surface area contributed by atoms with Gasteiger partial charge in [0.25, 0.3) is 10.0 Å². The number of hydrogen-bond donors (Lipinski definition) is 0. The Morgan fingerprint density at radius 1 is 1.27 bits per heavy atom. The summed E-state index contributed by atoms with van der Waals surface area (Å²) in [6.07, 6.45) is 5.92. The second kappa shape index (κ2) is 4.88. The Balaban J connectivity index is 1.51. The molecule has 9 heteroatoms. The average molecular weight is 323 g/mol. The first-order chi connectivity index (χ1) is 10.5. The van der Waals surface area contributed by atoms with Crippen LogP contribution < -0.4 is 0 Å². The Hall–Kier alpha value is -1.74. The molecule has 1 atom stereocenters. The van der Waals surface area contributed by atoms with E-state index in [4.69, 9.17) is 4.52 Å². The fraction of sp³-hybridized carbons (Fsp3) is 0.615. The summed E-state index contributed by atoms with van der Waals surface area (Å²) >= 11 is 0. The number of sulfonamides is 1. The molecule has 8 nitrogen and oxygen atoms in total. The Morgan fingerprint density at radius 2 is 2.09 bits per heavy atom. The number of imidazole rings is 1. The van der Waals surface area contributed by atoms with E-state index >= 15 is 0 Å². The van der Waals surface area contributed by atoms with Gasteiger partial charge in [-0.15, -0.1) is 0 Å². The Bertz CT molecular complexity index is 792. The number of rotatable bonds is 4. The van der Waals surface area contributed by atoms with E-state index in [9.17, 15) is 8.42 Å². The highest BCUT2D eigenvalue weighted by atomic mass is 32.2. The maximum Gasteiger partial charge on any atom is 0.262 e. The smallest absolute Gasteiger partial charge is 0.262 e. The number of aryl methyl sites for hydroxylation is 1. The van der Waals surface area contributed by atoms with Crippen LogP contribution in [0.2, 0.25) is 0 Å². The first-order valence-electron chi connectivity index (χ1n) is 7.35. The second-order valence-corrected chi connectivity index (χ2v) is 7.88. The minimum absolute atomic E-state index is 0.0292. The molecule has 0 bridgehead atoms. The molecule has 1 aliphatic carbocycles. The predicted octanol–water partition coefficient (Wildman–Crippen LogP) is 0.859. The van der Waals surface area contributed by atoms with E-state index < -0.39 is 10.0 Å². The molecule has 0 spiro atoms.